The number of hydrogen-bond donors (Lipinski definition) is 0. The number of esters is 1. The van der Waals surface area contributed by atoms with Crippen LogP contribution in [0.2, 0.25) is 0 Å². The Labute approximate surface area is 98.9 Å². The molecule has 0 fully saturated rings. The van der Waals surface area contributed by atoms with E-state index in [1.807, 2.05) is 0 Å². The molecular formula is C11H11FO4S. The number of hydrogen-bond acceptors (Lipinski definition) is 4. The summed E-state index contributed by atoms with van der Waals surface area (Å²) >= 11 is 0. The zero-order valence-corrected chi connectivity index (χ0v) is 9.91. The van der Waals surface area contributed by atoms with E-state index in [0.717, 1.165) is 12.1 Å². The Morgan fingerprint density at radius 3 is 2.65 bits per heavy atom. The smallest absolute Gasteiger partial charge is 0.332 e. The number of rotatable bonds is 4. The molecule has 1 rings (SSSR count). The first-order chi connectivity index (χ1) is 7.95. The van der Waals surface area contributed by atoms with E-state index < -0.39 is 21.1 Å². The molecule has 1 aromatic rings. The van der Waals surface area contributed by atoms with Crippen LogP contribution in [0.5, 0.6) is 0 Å². The van der Waals surface area contributed by atoms with Gasteiger partial charge in [0, 0.05) is 6.08 Å². The fourth-order valence-corrected chi connectivity index (χ4v) is 1.85. The van der Waals surface area contributed by atoms with Crippen LogP contribution in [0.3, 0.4) is 0 Å². The molecule has 0 amide bonds. The lowest BCUT2D eigenvalue weighted by Gasteiger charge is -2.00. The molecule has 1 aromatic carbocycles. The third-order valence-corrected chi connectivity index (χ3v) is 2.76. The van der Waals surface area contributed by atoms with Gasteiger partial charge in [0.1, 0.15) is 4.90 Å². The van der Waals surface area contributed by atoms with Gasteiger partial charge in [-0.2, -0.15) is 8.42 Å². The first kappa shape index (κ1) is 13.4. The van der Waals surface area contributed by atoms with Gasteiger partial charge in [0.15, 0.2) is 0 Å². The second kappa shape index (κ2) is 5.58. The van der Waals surface area contributed by atoms with Crippen LogP contribution in [0.15, 0.2) is 35.2 Å². The third kappa shape index (κ3) is 3.99. The second-order valence-corrected chi connectivity index (χ2v) is 4.38. The van der Waals surface area contributed by atoms with Crippen LogP contribution in [0, 0.1) is 0 Å². The van der Waals surface area contributed by atoms with E-state index in [1.54, 1.807) is 13.0 Å². The summed E-state index contributed by atoms with van der Waals surface area (Å²) in [6, 6.07) is 5.45. The first-order valence-corrected chi connectivity index (χ1v) is 6.22. The van der Waals surface area contributed by atoms with Crippen molar-refractivity contribution < 1.29 is 21.8 Å². The van der Waals surface area contributed by atoms with Gasteiger partial charge in [-0.3, -0.25) is 0 Å². The Morgan fingerprint density at radius 1 is 1.41 bits per heavy atom. The molecule has 92 valence electrons. The first-order valence-electron chi connectivity index (χ1n) is 4.83. The summed E-state index contributed by atoms with van der Waals surface area (Å²) in [4.78, 5) is 10.6. The third-order valence-electron chi connectivity index (χ3n) is 1.87. The molecule has 0 aromatic heterocycles. The van der Waals surface area contributed by atoms with Crippen LogP contribution in [-0.4, -0.2) is 21.0 Å². The average molecular weight is 258 g/mol. The van der Waals surface area contributed by atoms with E-state index in [2.05, 4.69) is 4.74 Å². The summed E-state index contributed by atoms with van der Waals surface area (Å²) in [6.07, 6.45) is 2.25. The van der Waals surface area contributed by atoms with Crippen LogP contribution in [0.25, 0.3) is 6.08 Å². The molecule has 0 aliphatic heterocycles. The van der Waals surface area contributed by atoms with Crippen LogP contribution < -0.4 is 0 Å². The van der Waals surface area contributed by atoms with E-state index in [0.29, 0.717) is 0 Å². The van der Waals surface area contributed by atoms with Crippen molar-refractivity contribution in [2.75, 3.05) is 6.61 Å². The van der Waals surface area contributed by atoms with Gasteiger partial charge in [-0.25, -0.2) is 4.79 Å². The monoisotopic (exact) mass is 258 g/mol. The van der Waals surface area contributed by atoms with Gasteiger partial charge in [0.25, 0.3) is 0 Å². The minimum atomic E-state index is -4.80. The van der Waals surface area contributed by atoms with E-state index in [9.17, 15) is 17.1 Å². The van der Waals surface area contributed by atoms with Crippen molar-refractivity contribution >= 4 is 22.3 Å². The van der Waals surface area contributed by atoms with Crippen LogP contribution in [0.4, 0.5) is 3.89 Å². The number of carbonyl (C=O) groups excluding carboxylic acids is 1. The predicted molar refractivity (Wildman–Crippen MR) is 60.4 cm³/mol. The van der Waals surface area contributed by atoms with Crippen molar-refractivity contribution in [3.05, 3.63) is 35.9 Å². The predicted octanol–water partition coefficient (Wildman–Crippen LogP) is 1.92. The van der Waals surface area contributed by atoms with Crippen LogP contribution in [-0.2, 0) is 19.8 Å². The zero-order valence-electron chi connectivity index (χ0n) is 9.09. The molecule has 0 atom stereocenters. The van der Waals surface area contributed by atoms with Gasteiger partial charge < -0.3 is 4.74 Å². The van der Waals surface area contributed by atoms with Gasteiger partial charge in [0.2, 0.25) is 0 Å². The molecule has 6 heteroatoms. The summed E-state index contributed by atoms with van der Waals surface area (Å²) in [6.45, 7) is 1.86. The van der Waals surface area contributed by atoms with Gasteiger partial charge in [-0.15, -0.1) is 3.89 Å². The lowest BCUT2D eigenvalue weighted by molar-refractivity contribution is -0.137. The standard InChI is InChI=1S/C11H11FO4S/c1-2-16-11(13)8-7-9-5-3-4-6-10(9)17(12,14)15/h3-8H,2H2,1H3. The molecule has 0 saturated heterocycles. The lowest BCUT2D eigenvalue weighted by Crippen LogP contribution is -1.99. The average Bonchev–Trinajstić information content (AvgIpc) is 2.26. The SMILES string of the molecule is CCOC(=O)C=Cc1ccccc1S(=O)(=O)F. The van der Waals surface area contributed by atoms with Crippen molar-refractivity contribution in [2.24, 2.45) is 0 Å². The van der Waals surface area contributed by atoms with E-state index in [4.69, 9.17) is 0 Å². The molecule has 0 heterocycles. The molecule has 4 nitrogen and oxygen atoms in total. The molecular weight excluding hydrogens is 247 g/mol. The molecule has 0 radical (unpaired) electrons. The quantitative estimate of drug-likeness (QED) is 0.470. The molecule has 0 spiro atoms. The lowest BCUT2D eigenvalue weighted by atomic mass is 10.2. The summed E-state index contributed by atoms with van der Waals surface area (Å²) in [5.41, 5.74) is 0.100. The Morgan fingerprint density at radius 2 is 2.06 bits per heavy atom. The fraction of sp³-hybridized carbons (Fsp3) is 0.182. The maximum absolute atomic E-state index is 12.9. The molecule has 0 aliphatic rings. The van der Waals surface area contributed by atoms with Crippen molar-refractivity contribution in [2.45, 2.75) is 11.8 Å². The van der Waals surface area contributed by atoms with Crippen molar-refractivity contribution in [1.29, 1.82) is 0 Å². The molecule has 0 saturated carbocycles. The van der Waals surface area contributed by atoms with Crippen LogP contribution in [0.1, 0.15) is 12.5 Å². The topological polar surface area (TPSA) is 60.4 Å². The van der Waals surface area contributed by atoms with Crippen molar-refractivity contribution in [3.8, 4) is 0 Å². The van der Waals surface area contributed by atoms with Gasteiger partial charge in [0.05, 0.1) is 6.61 Å². The Balaban J connectivity index is 3.04. The van der Waals surface area contributed by atoms with Gasteiger partial charge in [-0.1, -0.05) is 18.2 Å². The van der Waals surface area contributed by atoms with Gasteiger partial charge in [-0.05, 0) is 24.6 Å². The highest BCUT2D eigenvalue weighted by atomic mass is 32.3. The number of carbonyl (C=O) groups is 1. The van der Waals surface area contributed by atoms with E-state index in [-0.39, 0.29) is 12.2 Å². The Hall–Kier alpha value is -1.69. The highest BCUT2D eigenvalue weighted by Crippen LogP contribution is 2.18. The zero-order chi connectivity index (χ0) is 12.9. The fourth-order valence-electron chi connectivity index (χ4n) is 1.19. The maximum atomic E-state index is 12.9. The minimum absolute atomic E-state index is 0.100. The highest BCUT2D eigenvalue weighted by molar-refractivity contribution is 7.86. The molecule has 0 aliphatic carbocycles. The van der Waals surface area contributed by atoms with Gasteiger partial charge >= 0.3 is 16.2 Å². The van der Waals surface area contributed by atoms with Crippen LogP contribution >= 0.6 is 0 Å². The molecule has 0 unspecified atom stereocenters. The summed E-state index contributed by atoms with van der Waals surface area (Å²) in [5.74, 6) is -0.612. The number of benzene rings is 1. The summed E-state index contributed by atoms with van der Waals surface area (Å²) in [7, 11) is -4.80. The normalized spacial score (nSPS) is 11.6. The highest BCUT2D eigenvalue weighted by Gasteiger charge is 2.14. The number of ether oxygens (including phenoxy) is 1. The molecule has 17 heavy (non-hydrogen) atoms. The second-order valence-electron chi connectivity index (χ2n) is 3.06. The molecule has 0 bridgehead atoms. The maximum Gasteiger partial charge on any atom is 0.332 e. The Kier molecular flexibility index (Phi) is 4.39. The van der Waals surface area contributed by atoms with E-state index >= 15 is 0 Å². The Bertz CT molecular complexity index is 534. The van der Waals surface area contributed by atoms with Crippen molar-refractivity contribution in [3.63, 3.8) is 0 Å². The molecule has 0 N–H and O–H groups in total. The van der Waals surface area contributed by atoms with Crippen molar-refractivity contribution in [1.82, 2.24) is 0 Å². The summed E-state index contributed by atoms with van der Waals surface area (Å²) in [5, 5.41) is 0. The minimum Gasteiger partial charge on any atom is -0.463 e. The summed E-state index contributed by atoms with van der Waals surface area (Å²) < 4.78 is 39.1. The van der Waals surface area contributed by atoms with E-state index in [1.165, 1.54) is 18.2 Å². The number of halogens is 1. The largest absolute Gasteiger partial charge is 0.463 e.